The normalized spacial score (nSPS) is 27.7. The van der Waals surface area contributed by atoms with E-state index in [0.29, 0.717) is 5.92 Å². The molecule has 96 valence electrons. The zero-order valence-electron chi connectivity index (χ0n) is 10.5. The number of amides is 1. The number of rotatable bonds is 3. The Bertz CT molecular complexity index is 469. The summed E-state index contributed by atoms with van der Waals surface area (Å²) in [5.41, 5.74) is 2.45. The molecule has 0 aromatic heterocycles. The van der Waals surface area contributed by atoms with Gasteiger partial charge in [0.05, 0.1) is 11.4 Å². The molecule has 1 fully saturated rings. The lowest BCUT2D eigenvalue weighted by Crippen LogP contribution is -2.36. The minimum atomic E-state index is -0.0171. The number of fused-ring (bicyclic) bond motifs is 1. The molecule has 0 saturated heterocycles. The van der Waals surface area contributed by atoms with Crippen LogP contribution in [0, 0.1) is 11.8 Å². The summed E-state index contributed by atoms with van der Waals surface area (Å²) >= 11 is 6.37. The predicted molar refractivity (Wildman–Crippen MR) is 72.6 cm³/mol. The minimum Gasteiger partial charge on any atom is -0.348 e. The van der Waals surface area contributed by atoms with Crippen LogP contribution in [0.1, 0.15) is 36.9 Å². The zero-order valence-corrected chi connectivity index (χ0v) is 11.3. The molecule has 1 aromatic rings. The minimum absolute atomic E-state index is 0.0160. The summed E-state index contributed by atoms with van der Waals surface area (Å²) in [4.78, 5) is 12.2. The Labute approximate surface area is 113 Å². The second-order valence-electron chi connectivity index (χ2n) is 5.53. The van der Waals surface area contributed by atoms with Gasteiger partial charge in [0, 0.05) is 5.92 Å². The summed E-state index contributed by atoms with van der Waals surface area (Å²) in [6, 6.07) is 8.19. The van der Waals surface area contributed by atoms with Crippen LogP contribution in [0.2, 0.25) is 0 Å². The van der Waals surface area contributed by atoms with Crippen molar-refractivity contribution in [2.75, 3.05) is 0 Å². The Morgan fingerprint density at radius 2 is 2.11 bits per heavy atom. The third-order valence-corrected chi connectivity index (χ3v) is 4.61. The van der Waals surface area contributed by atoms with E-state index >= 15 is 0 Å². The van der Waals surface area contributed by atoms with Gasteiger partial charge in [-0.25, -0.2) is 0 Å². The Kier molecular flexibility index (Phi) is 3.06. The average molecular weight is 264 g/mol. The molecule has 1 amide bonds. The highest BCUT2D eigenvalue weighted by Crippen LogP contribution is 2.38. The molecule has 3 rings (SSSR count). The Morgan fingerprint density at radius 3 is 2.83 bits per heavy atom. The van der Waals surface area contributed by atoms with Crippen LogP contribution in [0.25, 0.3) is 0 Å². The fourth-order valence-corrected chi connectivity index (χ4v) is 3.17. The van der Waals surface area contributed by atoms with Crippen molar-refractivity contribution in [1.29, 1.82) is 0 Å². The van der Waals surface area contributed by atoms with Gasteiger partial charge in [-0.15, -0.1) is 11.6 Å². The number of benzene rings is 1. The SMILES string of the molecule is CC(C(=O)NC1c2ccccc2CC1Cl)C1CC1. The van der Waals surface area contributed by atoms with Gasteiger partial charge in [0.2, 0.25) is 5.91 Å². The molecule has 0 aliphatic heterocycles. The topological polar surface area (TPSA) is 29.1 Å². The highest BCUT2D eigenvalue weighted by atomic mass is 35.5. The van der Waals surface area contributed by atoms with Crippen molar-refractivity contribution in [3.05, 3.63) is 35.4 Å². The molecule has 1 aromatic carbocycles. The Morgan fingerprint density at radius 1 is 1.39 bits per heavy atom. The van der Waals surface area contributed by atoms with Crippen LogP contribution in [0.3, 0.4) is 0 Å². The van der Waals surface area contributed by atoms with Gasteiger partial charge in [-0.1, -0.05) is 31.2 Å². The van der Waals surface area contributed by atoms with Gasteiger partial charge in [-0.2, -0.15) is 0 Å². The quantitative estimate of drug-likeness (QED) is 0.835. The molecular weight excluding hydrogens is 246 g/mol. The van der Waals surface area contributed by atoms with Crippen LogP contribution >= 0.6 is 11.6 Å². The van der Waals surface area contributed by atoms with Crippen LogP contribution in [0.4, 0.5) is 0 Å². The number of halogens is 1. The van der Waals surface area contributed by atoms with E-state index in [1.807, 2.05) is 19.1 Å². The molecule has 1 N–H and O–H groups in total. The molecule has 2 aliphatic rings. The molecular formula is C15H18ClNO. The van der Waals surface area contributed by atoms with Crippen molar-refractivity contribution in [1.82, 2.24) is 5.32 Å². The molecule has 0 bridgehead atoms. The first-order valence-corrected chi connectivity index (χ1v) is 7.12. The second kappa shape index (κ2) is 4.58. The van der Waals surface area contributed by atoms with E-state index in [0.717, 1.165) is 6.42 Å². The average Bonchev–Trinajstić information content (AvgIpc) is 3.15. The maximum Gasteiger partial charge on any atom is 0.223 e. The smallest absolute Gasteiger partial charge is 0.223 e. The van der Waals surface area contributed by atoms with Gasteiger partial charge in [-0.3, -0.25) is 4.79 Å². The summed E-state index contributed by atoms with van der Waals surface area (Å²) in [6.45, 7) is 2.02. The standard InChI is InChI=1S/C15H18ClNO/c1-9(10-6-7-10)15(18)17-14-12-5-3-2-4-11(12)8-13(14)16/h2-5,9-10,13-14H,6-8H2,1H3,(H,17,18). The molecule has 2 nitrogen and oxygen atoms in total. The molecule has 0 heterocycles. The molecule has 1 saturated carbocycles. The maximum absolute atomic E-state index is 12.2. The van der Waals surface area contributed by atoms with E-state index in [1.165, 1.54) is 24.0 Å². The van der Waals surface area contributed by atoms with Crippen LogP contribution in [0.5, 0.6) is 0 Å². The van der Waals surface area contributed by atoms with Crippen LogP contribution in [-0.4, -0.2) is 11.3 Å². The van der Waals surface area contributed by atoms with E-state index in [-0.39, 0.29) is 23.2 Å². The lowest BCUT2D eigenvalue weighted by Gasteiger charge is -2.20. The second-order valence-corrected chi connectivity index (χ2v) is 6.09. The number of carbonyl (C=O) groups excluding carboxylic acids is 1. The highest BCUT2D eigenvalue weighted by Gasteiger charge is 2.36. The molecule has 3 heteroatoms. The fourth-order valence-electron chi connectivity index (χ4n) is 2.81. The van der Waals surface area contributed by atoms with E-state index in [9.17, 15) is 4.79 Å². The first-order chi connectivity index (χ1) is 8.66. The fraction of sp³-hybridized carbons (Fsp3) is 0.533. The monoisotopic (exact) mass is 263 g/mol. The van der Waals surface area contributed by atoms with Crippen molar-refractivity contribution < 1.29 is 4.79 Å². The van der Waals surface area contributed by atoms with Crippen LogP contribution in [0.15, 0.2) is 24.3 Å². The van der Waals surface area contributed by atoms with Crippen molar-refractivity contribution in [2.45, 2.75) is 37.6 Å². The lowest BCUT2D eigenvalue weighted by atomic mass is 10.0. The van der Waals surface area contributed by atoms with Gasteiger partial charge in [0.15, 0.2) is 0 Å². The van der Waals surface area contributed by atoms with Gasteiger partial charge in [-0.05, 0) is 36.3 Å². The van der Waals surface area contributed by atoms with Crippen LogP contribution < -0.4 is 5.32 Å². The first-order valence-electron chi connectivity index (χ1n) is 6.69. The highest BCUT2D eigenvalue weighted by molar-refractivity contribution is 6.21. The van der Waals surface area contributed by atoms with E-state index in [2.05, 4.69) is 17.4 Å². The molecule has 0 radical (unpaired) electrons. The molecule has 3 atom stereocenters. The summed E-state index contributed by atoms with van der Waals surface area (Å²) in [5, 5.41) is 3.12. The first kappa shape index (κ1) is 12.0. The summed E-state index contributed by atoms with van der Waals surface area (Å²) in [5.74, 6) is 0.877. The number of hydrogen-bond acceptors (Lipinski definition) is 1. The van der Waals surface area contributed by atoms with Gasteiger partial charge in [0.1, 0.15) is 0 Å². The molecule has 0 spiro atoms. The Hall–Kier alpha value is -1.02. The van der Waals surface area contributed by atoms with Crippen molar-refractivity contribution in [2.24, 2.45) is 11.8 Å². The van der Waals surface area contributed by atoms with E-state index in [4.69, 9.17) is 11.6 Å². The number of alkyl halides is 1. The largest absolute Gasteiger partial charge is 0.348 e. The molecule has 18 heavy (non-hydrogen) atoms. The zero-order chi connectivity index (χ0) is 12.7. The van der Waals surface area contributed by atoms with Crippen molar-refractivity contribution in [3.63, 3.8) is 0 Å². The lowest BCUT2D eigenvalue weighted by molar-refractivity contribution is -0.125. The van der Waals surface area contributed by atoms with E-state index in [1.54, 1.807) is 0 Å². The molecule has 2 aliphatic carbocycles. The summed E-state index contributed by atoms with van der Waals surface area (Å²) < 4.78 is 0. The van der Waals surface area contributed by atoms with Gasteiger partial charge in [0.25, 0.3) is 0 Å². The van der Waals surface area contributed by atoms with Crippen molar-refractivity contribution in [3.8, 4) is 0 Å². The number of nitrogens with one attached hydrogen (secondary N) is 1. The predicted octanol–water partition coefficient (Wildman–Crippen LogP) is 3.05. The van der Waals surface area contributed by atoms with Gasteiger partial charge < -0.3 is 5.32 Å². The third-order valence-electron chi connectivity index (χ3n) is 4.21. The number of hydrogen-bond donors (Lipinski definition) is 1. The number of carbonyl (C=O) groups is 1. The summed E-state index contributed by atoms with van der Waals surface area (Å²) in [6.07, 6.45) is 3.24. The van der Waals surface area contributed by atoms with E-state index < -0.39 is 0 Å². The van der Waals surface area contributed by atoms with Crippen LogP contribution in [-0.2, 0) is 11.2 Å². The van der Waals surface area contributed by atoms with Gasteiger partial charge >= 0.3 is 0 Å². The third kappa shape index (κ3) is 2.14. The maximum atomic E-state index is 12.2. The summed E-state index contributed by atoms with van der Waals surface area (Å²) in [7, 11) is 0. The molecule has 3 unspecified atom stereocenters. The Balaban J connectivity index is 1.74. The van der Waals surface area contributed by atoms with Crippen molar-refractivity contribution >= 4 is 17.5 Å².